The number of hydrogen-bond donors (Lipinski definition) is 1. The van der Waals surface area contributed by atoms with Crippen molar-refractivity contribution in [2.75, 3.05) is 6.61 Å². The van der Waals surface area contributed by atoms with Crippen LogP contribution in [0.3, 0.4) is 0 Å². The fourth-order valence-corrected chi connectivity index (χ4v) is 2.30. The predicted molar refractivity (Wildman–Crippen MR) is 70.5 cm³/mol. The molecule has 1 aromatic carbocycles. The maximum absolute atomic E-state index is 11.1. The van der Waals surface area contributed by atoms with E-state index in [2.05, 4.69) is 6.92 Å². The Morgan fingerprint density at radius 1 is 1.11 bits per heavy atom. The van der Waals surface area contributed by atoms with E-state index in [0.29, 0.717) is 6.61 Å². The molecule has 0 aliphatic carbocycles. The van der Waals surface area contributed by atoms with Crippen LogP contribution < -0.4 is 4.74 Å². The summed E-state index contributed by atoms with van der Waals surface area (Å²) in [5.74, 6) is 0.218. The van der Waals surface area contributed by atoms with E-state index in [4.69, 9.17) is 9.29 Å². The Balaban J connectivity index is 2.48. The molecule has 5 heteroatoms. The summed E-state index contributed by atoms with van der Waals surface area (Å²) in [5, 5.41) is 0. The van der Waals surface area contributed by atoms with Gasteiger partial charge in [-0.3, -0.25) is 4.55 Å². The van der Waals surface area contributed by atoms with Gasteiger partial charge < -0.3 is 4.74 Å². The van der Waals surface area contributed by atoms with Crippen LogP contribution in [0.2, 0.25) is 0 Å². The standard InChI is InChI=1S/C13H20O4S/c1-2-3-4-5-8-11-17-12-9-6-7-10-13(12)18(14,15)16/h6-7,9-10H,2-5,8,11H2,1H3,(H,14,15,16). The first-order valence-corrected chi connectivity index (χ1v) is 7.69. The van der Waals surface area contributed by atoms with E-state index in [1.54, 1.807) is 18.2 Å². The highest BCUT2D eigenvalue weighted by Crippen LogP contribution is 2.23. The van der Waals surface area contributed by atoms with Gasteiger partial charge in [-0.25, -0.2) is 0 Å². The van der Waals surface area contributed by atoms with Crippen LogP contribution in [0.5, 0.6) is 5.75 Å². The Morgan fingerprint density at radius 2 is 1.78 bits per heavy atom. The second kappa shape index (κ2) is 7.38. The summed E-state index contributed by atoms with van der Waals surface area (Å²) in [4.78, 5) is -0.168. The fraction of sp³-hybridized carbons (Fsp3) is 0.538. The average molecular weight is 272 g/mol. The maximum atomic E-state index is 11.1. The molecule has 1 N–H and O–H groups in total. The smallest absolute Gasteiger partial charge is 0.298 e. The van der Waals surface area contributed by atoms with Gasteiger partial charge in [-0.1, -0.05) is 44.7 Å². The number of para-hydroxylation sites is 1. The van der Waals surface area contributed by atoms with E-state index < -0.39 is 10.1 Å². The van der Waals surface area contributed by atoms with Crippen LogP contribution >= 0.6 is 0 Å². The summed E-state index contributed by atoms with van der Waals surface area (Å²) in [7, 11) is -4.21. The summed E-state index contributed by atoms with van der Waals surface area (Å²) >= 11 is 0. The summed E-state index contributed by atoms with van der Waals surface area (Å²) in [6, 6.07) is 6.12. The third-order valence-corrected chi connectivity index (χ3v) is 3.53. The fourth-order valence-electron chi connectivity index (χ4n) is 1.67. The van der Waals surface area contributed by atoms with Crippen molar-refractivity contribution in [3.63, 3.8) is 0 Å². The molecule has 0 bridgehead atoms. The van der Waals surface area contributed by atoms with Crippen molar-refractivity contribution in [1.82, 2.24) is 0 Å². The molecule has 0 fully saturated rings. The van der Waals surface area contributed by atoms with Crippen molar-refractivity contribution in [1.29, 1.82) is 0 Å². The molecule has 0 saturated carbocycles. The molecule has 0 aromatic heterocycles. The van der Waals surface area contributed by atoms with Gasteiger partial charge in [-0.2, -0.15) is 8.42 Å². The Hall–Kier alpha value is -1.07. The average Bonchev–Trinajstić information content (AvgIpc) is 2.33. The summed E-state index contributed by atoms with van der Waals surface area (Å²) in [6.07, 6.45) is 5.52. The third kappa shape index (κ3) is 5.06. The summed E-state index contributed by atoms with van der Waals surface area (Å²) in [6.45, 7) is 2.62. The van der Waals surface area contributed by atoms with Crippen molar-refractivity contribution in [3.8, 4) is 5.75 Å². The molecule has 102 valence electrons. The number of hydrogen-bond acceptors (Lipinski definition) is 3. The Morgan fingerprint density at radius 3 is 2.44 bits per heavy atom. The number of benzene rings is 1. The van der Waals surface area contributed by atoms with Gasteiger partial charge in [0.25, 0.3) is 10.1 Å². The first kappa shape index (κ1) is 15.0. The molecule has 18 heavy (non-hydrogen) atoms. The minimum absolute atomic E-state index is 0.168. The van der Waals surface area contributed by atoms with E-state index in [9.17, 15) is 8.42 Å². The Kier molecular flexibility index (Phi) is 6.15. The molecule has 4 nitrogen and oxygen atoms in total. The number of ether oxygens (including phenoxy) is 1. The highest BCUT2D eigenvalue weighted by atomic mass is 32.2. The van der Waals surface area contributed by atoms with Crippen LogP contribution in [0.1, 0.15) is 39.0 Å². The number of rotatable bonds is 8. The van der Waals surface area contributed by atoms with Gasteiger partial charge >= 0.3 is 0 Å². The zero-order chi connectivity index (χ0) is 13.4. The Labute approximate surface area is 109 Å². The number of unbranched alkanes of at least 4 members (excludes halogenated alkanes) is 4. The second-order valence-corrected chi connectivity index (χ2v) is 5.57. The zero-order valence-corrected chi connectivity index (χ0v) is 11.4. The van der Waals surface area contributed by atoms with Crippen LogP contribution in [0.15, 0.2) is 29.2 Å². The lowest BCUT2D eigenvalue weighted by Gasteiger charge is -2.09. The molecule has 0 unspecified atom stereocenters. The van der Waals surface area contributed by atoms with E-state index in [1.807, 2.05) is 0 Å². The molecular formula is C13H20O4S. The predicted octanol–water partition coefficient (Wildman–Crippen LogP) is 3.28. The molecule has 1 rings (SSSR count). The quantitative estimate of drug-likeness (QED) is 0.582. The SMILES string of the molecule is CCCCCCCOc1ccccc1S(=O)(=O)O. The van der Waals surface area contributed by atoms with Crippen LogP contribution in [-0.4, -0.2) is 19.6 Å². The maximum Gasteiger partial charge on any atom is 0.298 e. The van der Waals surface area contributed by atoms with Gasteiger partial charge in [0, 0.05) is 0 Å². The highest BCUT2D eigenvalue weighted by Gasteiger charge is 2.15. The lowest BCUT2D eigenvalue weighted by molar-refractivity contribution is 0.296. The molecule has 0 radical (unpaired) electrons. The first-order valence-electron chi connectivity index (χ1n) is 6.25. The van der Waals surface area contributed by atoms with E-state index in [-0.39, 0.29) is 10.6 Å². The van der Waals surface area contributed by atoms with Gasteiger partial charge in [-0.05, 0) is 18.6 Å². The van der Waals surface area contributed by atoms with E-state index >= 15 is 0 Å². The van der Waals surface area contributed by atoms with Crippen molar-refractivity contribution in [2.45, 2.75) is 43.9 Å². The van der Waals surface area contributed by atoms with E-state index in [0.717, 1.165) is 12.8 Å². The lowest BCUT2D eigenvalue weighted by Crippen LogP contribution is -2.04. The van der Waals surface area contributed by atoms with Crippen molar-refractivity contribution < 1.29 is 17.7 Å². The van der Waals surface area contributed by atoms with Crippen molar-refractivity contribution >= 4 is 10.1 Å². The third-order valence-electron chi connectivity index (χ3n) is 2.63. The van der Waals surface area contributed by atoms with Gasteiger partial charge in [-0.15, -0.1) is 0 Å². The molecule has 0 heterocycles. The molecule has 0 saturated heterocycles. The molecule has 0 amide bonds. The summed E-state index contributed by atoms with van der Waals surface area (Å²) in [5.41, 5.74) is 0. The largest absolute Gasteiger partial charge is 0.492 e. The minimum Gasteiger partial charge on any atom is -0.492 e. The highest BCUT2D eigenvalue weighted by molar-refractivity contribution is 7.86. The first-order chi connectivity index (χ1) is 8.55. The molecule has 1 aromatic rings. The molecular weight excluding hydrogens is 252 g/mol. The second-order valence-electron chi connectivity index (χ2n) is 4.18. The van der Waals surface area contributed by atoms with Crippen LogP contribution in [0.4, 0.5) is 0 Å². The van der Waals surface area contributed by atoms with Crippen LogP contribution in [0.25, 0.3) is 0 Å². The van der Waals surface area contributed by atoms with Gasteiger partial charge in [0.05, 0.1) is 6.61 Å². The van der Waals surface area contributed by atoms with Crippen molar-refractivity contribution in [3.05, 3.63) is 24.3 Å². The van der Waals surface area contributed by atoms with Crippen LogP contribution in [0, 0.1) is 0 Å². The lowest BCUT2D eigenvalue weighted by atomic mass is 10.2. The molecule has 0 aliphatic heterocycles. The normalized spacial score (nSPS) is 11.4. The topological polar surface area (TPSA) is 63.6 Å². The van der Waals surface area contributed by atoms with Crippen LogP contribution in [-0.2, 0) is 10.1 Å². The van der Waals surface area contributed by atoms with Crippen molar-refractivity contribution in [2.24, 2.45) is 0 Å². The molecule has 0 spiro atoms. The molecule has 0 aliphatic rings. The van der Waals surface area contributed by atoms with Gasteiger partial charge in [0.1, 0.15) is 10.6 Å². The van der Waals surface area contributed by atoms with Gasteiger partial charge in [0.2, 0.25) is 0 Å². The summed E-state index contributed by atoms with van der Waals surface area (Å²) < 4.78 is 36.6. The minimum atomic E-state index is -4.21. The molecule has 0 atom stereocenters. The van der Waals surface area contributed by atoms with Gasteiger partial charge in [0.15, 0.2) is 0 Å². The van der Waals surface area contributed by atoms with E-state index in [1.165, 1.54) is 25.3 Å². The Bertz CT molecular complexity index is 454. The zero-order valence-electron chi connectivity index (χ0n) is 10.6. The monoisotopic (exact) mass is 272 g/mol.